The Morgan fingerprint density at radius 1 is 1.22 bits per heavy atom. The first-order chi connectivity index (χ1) is 11.1. The van der Waals surface area contributed by atoms with Gasteiger partial charge >= 0.3 is 0 Å². The van der Waals surface area contributed by atoms with E-state index < -0.39 is 10.2 Å². The van der Waals surface area contributed by atoms with E-state index in [9.17, 15) is 8.42 Å². The van der Waals surface area contributed by atoms with Gasteiger partial charge in [-0.15, -0.1) is 0 Å². The molecule has 1 aliphatic carbocycles. The molecule has 0 spiro atoms. The maximum absolute atomic E-state index is 12.3. The third-order valence-corrected chi connectivity index (χ3v) is 6.38. The summed E-state index contributed by atoms with van der Waals surface area (Å²) in [6.45, 7) is 3.81. The van der Waals surface area contributed by atoms with E-state index in [1.807, 2.05) is 0 Å². The third-order valence-electron chi connectivity index (χ3n) is 4.81. The number of morpholine rings is 1. The van der Waals surface area contributed by atoms with Crippen LogP contribution < -0.4 is 9.62 Å². The van der Waals surface area contributed by atoms with E-state index in [1.165, 1.54) is 0 Å². The maximum atomic E-state index is 12.3. The van der Waals surface area contributed by atoms with Crippen LogP contribution in [0.1, 0.15) is 18.4 Å². The minimum absolute atomic E-state index is 0.206. The Labute approximate surface area is 136 Å². The first-order valence-electron chi connectivity index (χ1n) is 8.02. The van der Waals surface area contributed by atoms with Crippen LogP contribution in [0, 0.1) is 5.92 Å². The predicted molar refractivity (Wildman–Crippen MR) is 84.0 cm³/mol. The number of ether oxygens (including phenoxy) is 1. The molecule has 0 unspecified atom stereocenters. The van der Waals surface area contributed by atoms with E-state index in [-0.39, 0.29) is 12.6 Å². The summed E-state index contributed by atoms with van der Waals surface area (Å²) in [7, 11) is -3.40. The Morgan fingerprint density at radius 2 is 1.91 bits per heavy atom. The lowest BCUT2D eigenvalue weighted by molar-refractivity contribution is 0.122. The van der Waals surface area contributed by atoms with Gasteiger partial charge in [-0.3, -0.25) is 0 Å². The molecular formula is C14H21N5O3S. The Balaban J connectivity index is 1.35. The fraction of sp³-hybridized carbons (Fsp3) is 0.714. The number of hydrogen-bond acceptors (Lipinski definition) is 6. The van der Waals surface area contributed by atoms with Crippen LogP contribution in [0.2, 0.25) is 0 Å². The zero-order valence-electron chi connectivity index (χ0n) is 12.9. The van der Waals surface area contributed by atoms with Crippen molar-refractivity contribution in [1.82, 2.24) is 19.0 Å². The van der Waals surface area contributed by atoms with Gasteiger partial charge in [-0.25, -0.2) is 9.97 Å². The lowest BCUT2D eigenvalue weighted by atomic mass is 9.87. The Kier molecular flexibility index (Phi) is 3.96. The average molecular weight is 339 g/mol. The quantitative estimate of drug-likeness (QED) is 0.795. The van der Waals surface area contributed by atoms with Crippen LogP contribution in [0.15, 0.2) is 12.4 Å². The molecule has 3 saturated heterocycles. The van der Waals surface area contributed by atoms with Crippen LogP contribution in [0.4, 0.5) is 5.95 Å². The van der Waals surface area contributed by atoms with Gasteiger partial charge < -0.3 is 9.64 Å². The van der Waals surface area contributed by atoms with Crippen molar-refractivity contribution < 1.29 is 13.2 Å². The molecule has 1 N–H and O–H groups in total. The Bertz CT molecular complexity index is 653. The highest BCUT2D eigenvalue weighted by molar-refractivity contribution is 7.87. The maximum Gasteiger partial charge on any atom is 0.280 e. The first-order valence-corrected chi connectivity index (χ1v) is 9.46. The van der Waals surface area contributed by atoms with E-state index in [2.05, 4.69) is 19.6 Å². The topological polar surface area (TPSA) is 87.7 Å². The normalized spacial score (nSPS) is 27.9. The van der Waals surface area contributed by atoms with Gasteiger partial charge in [0, 0.05) is 50.2 Å². The van der Waals surface area contributed by atoms with E-state index in [1.54, 1.807) is 16.7 Å². The highest BCUT2D eigenvalue weighted by atomic mass is 32.2. The molecule has 4 fully saturated rings. The molecule has 23 heavy (non-hydrogen) atoms. The molecule has 0 aromatic carbocycles. The largest absolute Gasteiger partial charge is 0.378 e. The predicted octanol–water partition coefficient (Wildman–Crippen LogP) is -0.258. The summed E-state index contributed by atoms with van der Waals surface area (Å²) in [6, 6.07) is 0.206. The monoisotopic (exact) mass is 339 g/mol. The van der Waals surface area contributed by atoms with E-state index >= 15 is 0 Å². The molecule has 3 aliphatic heterocycles. The Hall–Kier alpha value is -1.29. The minimum atomic E-state index is -3.40. The van der Waals surface area contributed by atoms with Crippen molar-refractivity contribution in [3.8, 4) is 0 Å². The molecule has 0 radical (unpaired) electrons. The standard InChI is InChI=1S/C14H21N5O3S/c20-23(21,19-10-11-5-13(19)6-11)17-9-12-7-15-14(16-8-12)18-1-3-22-4-2-18/h7-8,11,13,17H,1-6,9-10H2. The summed E-state index contributed by atoms with van der Waals surface area (Å²) in [5, 5.41) is 0. The van der Waals surface area contributed by atoms with Crippen molar-refractivity contribution in [2.45, 2.75) is 25.4 Å². The lowest BCUT2D eigenvalue weighted by Crippen LogP contribution is -2.41. The fourth-order valence-electron chi connectivity index (χ4n) is 3.41. The van der Waals surface area contributed by atoms with Crippen LogP contribution in [0.3, 0.4) is 0 Å². The fourth-order valence-corrected chi connectivity index (χ4v) is 4.89. The highest BCUT2D eigenvalue weighted by Gasteiger charge is 2.47. The molecule has 9 heteroatoms. The zero-order valence-corrected chi connectivity index (χ0v) is 13.7. The second-order valence-corrected chi connectivity index (χ2v) is 8.09. The van der Waals surface area contributed by atoms with Gasteiger partial charge in [0.05, 0.1) is 13.2 Å². The van der Waals surface area contributed by atoms with E-state index in [0.717, 1.165) is 31.5 Å². The van der Waals surface area contributed by atoms with Gasteiger partial charge in [0.2, 0.25) is 5.95 Å². The molecule has 1 aromatic rings. The molecule has 126 valence electrons. The summed E-state index contributed by atoms with van der Waals surface area (Å²) in [5.41, 5.74) is 0.761. The number of rotatable bonds is 5. The van der Waals surface area contributed by atoms with E-state index in [0.29, 0.717) is 31.6 Å². The second-order valence-electron chi connectivity index (χ2n) is 6.38. The van der Waals surface area contributed by atoms with Crippen LogP contribution in [-0.2, 0) is 21.5 Å². The van der Waals surface area contributed by atoms with Gasteiger partial charge in [-0.05, 0) is 18.8 Å². The van der Waals surface area contributed by atoms with Crippen LogP contribution in [-0.4, -0.2) is 61.6 Å². The minimum Gasteiger partial charge on any atom is -0.378 e. The third kappa shape index (κ3) is 3.06. The molecule has 2 bridgehead atoms. The SMILES string of the molecule is O=S(=O)(NCc1cnc(N2CCOCC2)nc1)N1CC2CC1C2. The lowest BCUT2D eigenvalue weighted by Gasteiger charge is -2.26. The zero-order chi connectivity index (χ0) is 15.9. The number of aromatic nitrogens is 2. The van der Waals surface area contributed by atoms with Gasteiger partial charge in [-0.2, -0.15) is 17.4 Å². The highest BCUT2D eigenvalue weighted by Crippen LogP contribution is 2.41. The summed E-state index contributed by atoms with van der Waals surface area (Å²) in [6.07, 6.45) is 5.39. The Morgan fingerprint density at radius 3 is 2.52 bits per heavy atom. The van der Waals surface area contributed by atoms with Gasteiger partial charge in [0.15, 0.2) is 0 Å². The van der Waals surface area contributed by atoms with Crippen molar-refractivity contribution in [2.24, 2.45) is 5.92 Å². The average Bonchev–Trinajstić information content (AvgIpc) is 3.16. The number of nitrogens with one attached hydrogen (secondary N) is 1. The molecule has 1 saturated carbocycles. The molecule has 0 atom stereocenters. The molecule has 4 heterocycles. The van der Waals surface area contributed by atoms with Crippen molar-refractivity contribution in [2.75, 3.05) is 37.7 Å². The molecule has 0 amide bonds. The van der Waals surface area contributed by atoms with Crippen molar-refractivity contribution in [3.63, 3.8) is 0 Å². The van der Waals surface area contributed by atoms with Crippen LogP contribution in [0.5, 0.6) is 0 Å². The molecule has 8 nitrogen and oxygen atoms in total. The summed E-state index contributed by atoms with van der Waals surface area (Å²) >= 11 is 0. The number of hydrogen-bond donors (Lipinski definition) is 1. The number of nitrogens with zero attached hydrogens (tertiary/aromatic N) is 4. The molecule has 1 aromatic heterocycles. The second kappa shape index (κ2) is 5.97. The van der Waals surface area contributed by atoms with Crippen molar-refractivity contribution >= 4 is 16.2 Å². The smallest absolute Gasteiger partial charge is 0.280 e. The van der Waals surface area contributed by atoms with Gasteiger partial charge in [0.25, 0.3) is 10.2 Å². The summed E-state index contributed by atoms with van der Waals surface area (Å²) in [5.74, 6) is 1.23. The van der Waals surface area contributed by atoms with Gasteiger partial charge in [-0.1, -0.05) is 0 Å². The number of anilines is 1. The van der Waals surface area contributed by atoms with Crippen LogP contribution in [0.25, 0.3) is 0 Å². The van der Waals surface area contributed by atoms with Crippen LogP contribution >= 0.6 is 0 Å². The van der Waals surface area contributed by atoms with Gasteiger partial charge in [0.1, 0.15) is 0 Å². The molecule has 5 rings (SSSR count). The summed E-state index contributed by atoms with van der Waals surface area (Å²) < 4.78 is 34.2. The summed E-state index contributed by atoms with van der Waals surface area (Å²) in [4.78, 5) is 10.7. The van der Waals surface area contributed by atoms with Crippen molar-refractivity contribution in [3.05, 3.63) is 18.0 Å². The number of fused-ring (bicyclic) bond motifs is 1. The first kappa shape index (κ1) is 15.3. The molecular weight excluding hydrogens is 318 g/mol. The van der Waals surface area contributed by atoms with Crippen molar-refractivity contribution in [1.29, 1.82) is 0 Å². The van der Waals surface area contributed by atoms with E-state index in [4.69, 9.17) is 4.74 Å². The molecule has 4 aliphatic rings.